The Morgan fingerprint density at radius 1 is 1.04 bits per heavy atom. The lowest BCUT2D eigenvalue weighted by Gasteiger charge is -2.11. The van der Waals surface area contributed by atoms with Gasteiger partial charge in [-0.3, -0.25) is 0 Å². The maximum Gasteiger partial charge on any atom is 0.282 e. The number of nitrogens with one attached hydrogen (secondary N) is 1. The highest BCUT2D eigenvalue weighted by molar-refractivity contribution is 6.30. The van der Waals surface area contributed by atoms with E-state index in [0.29, 0.717) is 23.3 Å². The smallest absolute Gasteiger partial charge is 0.282 e. The fourth-order valence-corrected chi connectivity index (χ4v) is 2.44. The van der Waals surface area contributed by atoms with Crippen LogP contribution in [-0.2, 0) is 13.1 Å². The first-order valence-corrected chi connectivity index (χ1v) is 7.62. The second kappa shape index (κ2) is 6.89. The molecule has 0 spiro atoms. The normalized spacial score (nSPS) is 12.3. The predicted molar refractivity (Wildman–Crippen MR) is 85.4 cm³/mol. The number of benzene rings is 2. The molecule has 6 heteroatoms. The van der Waals surface area contributed by atoms with E-state index < -0.39 is 0 Å². The molecule has 0 bridgehead atoms. The van der Waals surface area contributed by atoms with Crippen molar-refractivity contribution in [1.29, 1.82) is 0 Å². The average molecular weight is 333 g/mol. The van der Waals surface area contributed by atoms with Gasteiger partial charge in [0.05, 0.1) is 7.05 Å². The summed E-state index contributed by atoms with van der Waals surface area (Å²) in [5, 5.41) is 4.66. The highest BCUT2D eigenvalue weighted by Crippen LogP contribution is 2.18. The summed E-state index contributed by atoms with van der Waals surface area (Å²) in [5.41, 5.74) is 1.92. The number of quaternary nitrogens is 1. The fourth-order valence-electron chi connectivity index (χ4n) is 2.31. The highest BCUT2D eigenvalue weighted by atomic mass is 35.5. The van der Waals surface area contributed by atoms with Gasteiger partial charge >= 0.3 is 0 Å². The minimum Gasteiger partial charge on any atom is -0.333 e. The van der Waals surface area contributed by atoms with Crippen LogP contribution < -0.4 is 4.90 Å². The Labute approximate surface area is 138 Å². The maximum atomic E-state index is 12.9. The van der Waals surface area contributed by atoms with Crippen molar-refractivity contribution in [3.8, 4) is 11.4 Å². The molecular weight excluding hydrogens is 317 g/mol. The second-order valence-electron chi connectivity index (χ2n) is 5.46. The van der Waals surface area contributed by atoms with Crippen LogP contribution in [0.15, 0.2) is 53.1 Å². The molecular formula is C17H16ClFN3O+. The van der Waals surface area contributed by atoms with Crippen molar-refractivity contribution >= 4 is 11.6 Å². The molecule has 118 valence electrons. The van der Waals surface area contributed by atoms with Crippen molar-refractivity contribution in [1.82, 2.24) is 10.1 Å². The summed E-state index contributed by atoms with van der Waals surface area (Å²) < 4.78 is 18.2. The van der Waals surface area contributed by atoms with Crippen LogP contribution in [0.3, 0.4) is 0 Å². The second-order valence-corrected chi connectivity index (χ2v) is 5.89. The molecule has 0 amide bonds. The van der Waals surface area contributed by atoms with Crippen LogP contribution in [0.1, 0.15) is 11.5 Å². The summed E-state index contributed by atoms with van der Waals surface area (Å²) in [6.07, 6.45) is 0. The molecule has 0 aliphatic heterocycles. The van der Waals surface area contributed by atoms with Crippen molar-refractivity contribution in [3.63, 3.8) is 0 Å². The zero-order valence-electron chi connectivity index (χ0n) is 12.6. The Morgan fingerprint density at radius 3 is 2.43 bits per heavy atom. The Bertz CT molecular complexity index is 771. The zero-order chi connectivity index (χ0) is 16.2. The molecule has 0 saturated carbocycles. The summed E-state index contributed by atoms with van der Waals surface area (Å²) in [6, 6.07) is 13.8. The summed E-state index contributed by atoms with van der Waals surface area (Å²) in [4.78, 5) is 5.57. The molecule has 4 nitrogen and oxygen atoms in total. The fraction of sp³-hybridized carbons (Fsp3) is 0.176. The zero-order valence-corrected chi connectivity index (χ0v) is 13.3. The molecule has 23 heavy (non-hydrogen) atoms. The molecule has 0 fully saturated rings. The van der Waals surface area contributed by atoms with Crippen LogP contribution in [-0.4, -0.2) is 17.2 Å². The van der Waals surface area contributed by atoms with Gasteiger partial charge in [-0.1, -0.05) is 28.9 Å². The van der Waals surface area contributed by atoms with Crippen molar-refractivity contribution in [2.75, 3.05) is 7.05 Å². The van der Waals surface area contributed by atoms with Gasteiger partial charge in [0.15, 0.2) is 6.54 Å². The largest absolute Gasteiger partial charge is 0.333 e. The number of halogens is 2. The Balaban J connectivity index is 1.64. The quantitative estimate of drug-likeness (QED) is 0.781. The monoisotopic (exact) mass is 332 g/mol. The van der Waals surface area contributed by atoms with Crippen LogP contribution in [0.25, 0.3) is 11.4 Å². The van der Waals surface area contributed by atoms with E-state index in [2.05, 4.69) is 10.1 Å². The van der Waals surface area contributed by atoms with Gasteiger partial charge in [0.1, 0.15) is 12.4 Å². The molecule has 0 saturated heterocycles. The minimum atomic E-state index is -0.226. The van der Waals surface area contributed by atoms with Gasteiger partial charge in [0.25, 0.3) is 5.89 Å². The highest BCUT2D eigenvalue weighted by Gasteiger charge is 2.13. The first-order valence-electron chi connectivity index (χ1n) is 7.24. The van der Waals surface area contributed by atoms with Gasteiger partial charge in [0, 0.05) is 16.1 Å². The van der Waals surface area contributed by atoms with Crippen LogP contribution in [0, 0.1) is 5.82 Å². The lowest BCUT2D eigenvalue weighted by molar-refractivity contribution is -0.909. The van der Waals surface area contributed by atoms with Gasteiger partial charge in [0.2, 0.25) is 5.82 Å². The number of rotatable bonds is 5. The Morgan fingerprint density at radius 2 is 1.74 bits per heavy atom. The average Bonchev–Trinajstić information content (AvgIpc) is 2.98. The third-order valence-corrected chi connectivity index (χ3v) is 3.69. The van der Waals surface area contributed by atoms with E-state index in [1.165, 1.54) is 17.0 Å². The summed E-state index contributed by atoms with van der Waals surface area (Å²) >= 11 is 5.87. The number of nitrogens with zero attached hydrogens (tertiary/aromatic N) is 2. The molecule has 1 N–H and O–H groups in total. The van der Waals surface area contributed by atoms with E-state index in [9.17, 15) is 4.39 Å². The Kier molecular flexibility index (Phi) is 4.69. The maximum absolute atomic E-state index is 12.9. The number of aromatic nitrogens is 2. The molecule has 3 aromatic rings. The van der Waals surface area contributed by atoms with Crippen LogP contribution in [0.2, 0.25) is 5.02 Å². The number of hydrogen-bond donors (Lipinski definition) is 1. The summed E-state index contributed by atoms with van der Waals surface area (Å²) in [5.74, 6) is 0.886. The van der Waals surface area contributed by atoms with E-state index in [0.717, 1.165) is 17.7 Å². The van der Waals surface area contributed by atoms with Crippen molar-refractivity contribution < 1.29 is 13.8 Å². The molecule has 0 radical (unpaired) electrons. The summed E-state index contributed by atoms with van der Waals surface area (Å²) in [6.45, 7) is 1.34. The topological polar surface area (TPSA) is 43.4 Å². The molecule has 0 aliphatic rings. The van der Waals surface area contributed by atoms with Crippen molar-refractivity contribution in [3.05, 3.63) is 70.8 Å². The van der Waals surface area contributed by atoms with Gasteiger partial charge in [-0.25, -0.2) is 4.39 Å². The molecule has 2 aromatic carbocycles. The van der Waals surface area contributed by atoms with E-state index >= 15 is 0 Å². The Hall–Kier alpha value is -2.24. The first-order chi connectivity index (χ1) is 11.1. The molecule has 1 unspecified atom stereocenters. The van der Waals surface area contributed by atoms with E-state index in [4.69, 9.17) is 16.1 Å². The minimum absolute atomic E-state index is 0.226. The molecule has 0 aliphatic carbocycles. The lowest BCUT2D eigenvalue weighted by atomic mass is 10.2. The van der Waals surface area contributed by atoms with Gasteiger partial charge < -0.3 is 9.42 Å². The predicted octanol–water partition coefficient (Wildman–Crippen LogP) is 2.74. The van der Waals surface area contributed by atoms with E-state index in [1.807, 2.05) is 19.2 Å². The summed E-state index contributed by atoms with van der Waals surface area (Å²) in [7, 11) is 2.02. The standard InChI is InChI=1S/C17H15ClFN3O/c1-22(10-12-2-8-15(19)9-3-12)11-16-20-17(21-23-16)13-4-6-14(18)7-5-13/h2-9H,10-11H2,1H3/p+1. The van der Waals surface area contributed by atoms with Gasteiger partial charge in [-0.2, -0.15) is 4.98 Å². The van der Waals surface area contributed by atoms with Crippen LogP contribution in [0.5, 0.6) is 0 Å². The van der Waals surface area contributed by atoms with Crippen LogP contribution >= 0.6 is 11.6 Å². The van der Waals surface area contributed by atoms with Crippen molar-refractivity contribution in [2.45, 2.75) is 13.1 Å². The SMILES string of the molecule is C[NH+](Cc1ccc(F)cc1)Cc1nc(-c2ccc(Cl)cc2)no1. The van der Waals surface area contributed by atoms with Crippen molar-refractivity contribution in [2.24, 2.45) is 0 Å². The lowest BCUT2D eigenvalue weighted by Crippen LogP contribution is -3.06. The van der Waals surface area contributed by atoms with Gasteiger partial charge in [-0.15, -0.1) is 0 Å². The van der Waals surface area contributed by atoms with Gasteiger partial charge in [-0.05, 0) is 36.4 Å². The van der Waals surface area contributed by atoms with E-state index in [1.54, 1.807) is 24.3 Å². The molecule has 1 aromatic heterocycles. The third kappa shape index (κ3) is 4.15. The first kappa shape index (κ1) is 15.6. The molecule has 1 heterocycles. The van der Waals surface area contributed by atoms with Crippen LogP contribution in [0.4, 0.5) is 4.39 Å². The molecule has 3 rings (SSSR count). The third-order valence-electron chi connectivity index (χ3n) is 3.44. The number of hydrogen-bond acceptors (Lipinski definition) is 3. The molecule has 1 atom stereocenters. The van der Waals surface area contributed by atoms with E-state index in [-0.39, 0.29) is 5.82 Å².